The first-order valence-corrected chi connectivity index (χ1v) is 8.23. The van der Waals surface area contributed by atoms with Gasteiger partial charge in [0, 0.05) is 16.5 Å². The second-order valence-corrected chi connectivity index (χ2v) is 6.27. The lowest BCUT2D eigenvalue weighted by Gasteiger charge is -2.18. The number of nitriles is 1. The first-order valence-electron chi connectivity index (χ1n) is 8.23. The summed E-state index contributed by atoms with van der Waals surface area (Å²) in [6.07, 6.45) is 0.0943. The van der Waals surface area contributed by atoms with Crippen molar-refractivity contribution in [2.24, 2.45) is 0 Å². The molecule has 7 heteroatoms. The van der Waals surface area contributed by atoms with Crippen molar-refractivity contribution in [3.63, 3.8) is 0 Å². The van der Waals surface area contributed by atoms with Crippen LogP contribution in [-0.4, -0.2) is 17.8 Å². The highest BCUT2D eigenvalue weighted by molar-refractivity contribution is 5.80. The largest absolute Gasteiger partial charge is 0.805 e. The van der Waals surface area contributed by atoms with Gasteiger partial charge in [0.1, 0.15) is 11.2 Å². The van der Waals surface area contributed by atoms with Gasteiger partial charge < -0.3 is 14.7 Å². The standard InChI is InChI=1S/C20H17N3O4/c1-12-8-16-17(9-13(12)2)23(26)20(18(11-21)22(16)25)15-6-4-14(5-7-15)10-19(24)27-3/h4-9H,10H2,1-3H3. The van der Waals surface area contributed by atoms with E-state index in [1.807, 2.05) is 19.9 Å². The summed E-state index contributed by atoms with van der Waals surface area (Å²) < 4.78 is 5.74. The van der Waals surface area contributed by atoms with E-state index >= 15 is 0 Å². The maximum atomic E-state index is 13.0. The first kappa shape index (κ1) is 18.1. The number of aryl methyl sites for hydroxylation is 2. The third-order valence-electron chi connectivity index (χ3n) is 4.57. The van der Waals surface area contributed by atoms with Crippen molar-refractivity contribution in [1.29, 1.82) is 5.26 Å². The monoisotopic (exact) mass is 363 g/mol. The van der Waals surface area contributed by atoms with Crippen molar-refractivity contribution in [3.05, 3.63) is 68.9 Å². The van der Waals surface area contributed by atoms with Crippen LogP contribution in [0, 0.1) is 35.3 Å². The van der Waals surface area contributed by atoms with Crippen LogP contribution >= 0.6 is 0 Å². The summed E-state index contributed by atoms with van der Waals surface area (Å²) >= 11 is 0. The Morgan fingerprint density at radius 3 is 2.44 bits per heavy atom. The summed E-state index contributed by atoms with van der Waals surface area (Å²) in [6.45, 7) is 3.69. The number of benzene rings is 2. The Hall–Kier alpha value is -3.66. The van der Waals surface area contributed by atoms with Gasteiger partial charge in [0.2, 0.25) is 0 Å². The molecule has 0 saturated heterocycles. The van der Waals surface area contributed by atoms with Gasteiger partial charge in [-0.2, -0.15) is 5.26 Å². The number of carbonyl (C=O) groups excluding carboxylic acids is 1. The maximum Gasteiger partial charge on any atom is 0.363 e. The Labute approximate surface area is 155 Å². The molecule has 3 rings (SSSR count). The van der Waals surface area contributed by atoms with Gasteiger partial charge in [-0.3, -0.25) is 4.79 Å². The fourth-order valence-corrected chi connectivity index (χ4v) is 2.92. The number of nitrogens with zero attached hydrogens (tertiary/aromatic N) is 3. The number of methoxy groups -OCH3 is 1. The van der Waals surface area contributed by atoms with Gasteiger partial charge in [-0.25, -0.2) is 0 Å². The van der Waals surface area contributed by atoms with Crippen LogP contribution in [0.1, 0.15) is 22.4 Å². The fourth-order valence-electron chi connectivity index (χ4n) is 2.92. The van der Waals surface area contributed by atoms with E-state index in [2.05, 4.69) is 4.74 Å². The Bertz CT molecular complexity index is 1160. The summed E-state index contributed by atoms with van der Waals surface area (Å²) in [4.78, 5) is 24.1. The van der Waals surface area contributed by atoms with Crippen LogP contribution in [0.25, 0.3) is 22.3 Å². The van der Waals surface area contributed by atoms with E-state index in [-0.39, 0.29) is 34.8 Å². The molecule has 0 aliphatic carbocycles. The van der Waals surface area contributed by atoms with E-state index in [1.54, 1.807) is 36.4 Å². The van der Waals surface area contributed by atoms with Crippen LogP contribution in [-0.2, 0) is 16.0 Å². The van der Waals surface area contributed by atoms with Gasteiger partial charge in [-0.1, -0.05) is 24.3 Å². The van der Waals surface area contributed by atoms with Crippen LogP contribution in [0.4, 0.5) is 0 Å². The van der Waals surface area contributed by atoms with Crippen molar-refractivity contribution in [1.82, 2.24) is 4.73 Å². The smallest absolute Gasteiger partial charge is 0.363 e. The molecule has 0 aliphatic rings. The van der Waals surface area contributed by atoms with Crippen molar-refractivity contribution < 1.29 is 14.0 Å². The van der Waals surface area contributed by atoms with E-state index in [1.165, 1.54) is 7.11 Å². The molecule has 3 aromatic rings. The predicted octanol–water partition coefficient (Wildman–Crippen LogP) is 2.77. The molecule has 0 N–H and O–H groups in total. The topological polar surface area (TPSA) is 101 Å². The van der Waals surface area contributed by atoms with Crippen molar-refractivity contribution in [2.75, 3.05) is 7.11 Å². The third-order valence-corrected chi connectivity index (χ3v) is 4.57. The number of rotatable bonds is 3. The first-order chi connectivity index (χ1) is 12.9. The van der Waals surface area contributed by atoms with Gasteiger partial charge >= 0.3 is 11.7 Å². The summed E-state index contributed by atoms with van der Waals surface area (Å²) in [5.41, 5.74) is 2.89. The fraction of sp³-hybridized carbons (Fsp3) is 0.200. The number of aromatic nitrogens is 2. The van der Waals surface area contributed by atoms with Crippen LogP contribution < -0.4 is 4.43 Å². The summed E-state index contributed by atoms with van der Waals surface area (Å²) in [5, 5.41) is 22.5. The van der Waals surface area contributed by atoms with E-state index in [0.717, 1.165) is 11.1 Å². The van der Waals surface area contributed by atoms with E-state index in [4.69, 9.17) is 0 Å². The summed E-state index contributed by atoms with van der Waals surface area (Å²) in [6, 6.07) is 11.6. The second kappa shape index (κ2) is 6.92. The average Bonchev–Trinajstić information content (AvgIpc) is 2.66. The van der Waals surface area contributed by atoms with E-state index in [0.29, 0.717) is 20.3 Å². The zero-order valence-electron chi connectivity index (χ0n) is 15.1. The lowest BCUT2D eigenvalue weighted by atomic mass is 10.0. The molecular weight excluding hydrogens is 346 g/mol. The number of hydrogen-bond acceptors (Lipinski definition) is 5. The molecule has 0 spiro atoms. The second-order valence-electron chi connectivity index (χ2n) is 6.27. The molecule has 0 unspecified atom stereocenters. The SMILES string of the molecule is COC(=O)Cc1ccc(-c2c(C#N)[n+](=O)c3cc(C)c(C)cc3n2[O-])cc1. The van der Waals surface area contributed by atoms with Gasteiger partial charge in [0.15, 0.2) is 6.07 Å². The molecule has 0 saturated carbocycles. The van der Waals surface area contributed by atoms with Crippen molar-refractivity contribution in [2.45, 2.75) is 20.3 Å². The van der Waals surface area contributed by atoms with Crippen LogP contribution in [0.15, 0.2) is 36.4 Å². The van der Waals surface area contributed by atoms with Crippen molar-refractivity contribution in [3.8, 4) is 17.3 Å². The zero-order chi connectivity index (χ0) is 19.7. The van der Waals surface area contributed by atoms with Gasteiger partial charge in [0.25, 0.3) is 5.52 Å². The van der Waals surface area contributed by atoms with Crippen molar-refractivity contribution >= 4 is 17.0 Å². The van der Waals surface area contributed by atoms with Gasteiger partial charge in [-0.05, 0) is 36.6 Å². The zero-order valence-corrected chi connectivity index (χ0v) is 15.1. The van der Waals surface area contributed by atoms with Crippen LogP contribution in [0.5, 0.6) is 0 Å². The van der Waals surface area contributed by atoms with Gasteiger partial charge in [0.05, 0.1) is 18.0 Å². The Morgan fingerprint density at radius 1 is 1.22 bits per heavy atom. The highest BCUT2D eigenvalue weighted by Crippen LogP contribution is 2.26. The Kier molecular flexibility index (Phi) is 4.65. The molecule has 0 amide bonds. The summed E-state index contributed by atoms with van der Waals surface area (Å²) in [5.74, 6) is -0.381. The number of hydrogen-bond donors (Lipinski definition) is 0. The third kappa shape index (κ3) is 3.13. The number of fused-ring (bicyclic) bond motifs is 1. The van der Waals surface area contributed by atoms with E-state index in [9.17, 15) is 20.2 Å². The van der Waals surface area contributed by atoms with E-state index < -0.39 is 0 Å². The lowest BCUT2D eigenvalue weighted by molar-refractivity contribution is -0.467. The molecule has 0 aliphatic heterocycles. The number of carbonyl (C=O) groups is 1. The van der Waals surface area contributed by atoms with Crippen LogP contribution in [0.2, 0.25) is 0 Å². The average molecular weight is 363 g/mol. The minimum atomic E-state index is -0.381. The molecule has 0 fully saturated rings. The molecule has 136 valence electrons. The molecule has 27 heavy (non-hydrogen) atoms. The summed E-state index contributed by atoms with van der Waals surface area (Å²) in [7, 11) is 1.31. The molecule has 1 heterocycles. The molecule has 1 aromatic heterocycles. The molecule has 2 aromatic carbocycles. The molecule has 0 radical (unpaired) electrons. The molecule has 7 nitrogen and oxygen atoms in total. The molecule has 0 bridgehead atoms. The predicted molar refractivity (Wildman–Crippen MR) is 99.4 cm³/mol. The highest BCUT2D eigenvalue weighted by atomic mass is 16.5. The normalized spacial score (nSPS) is 10.6. The van der Waals surface area contributed by atoms with Crippen LogP contribution in [0.3, 0.4) is 0 Å². The minimum Gasteiger partial charge on any atom is -0.805 e. The van der Waals surface area contributed by atoms with Gasteiger partial charge in [-0.15, -0.1) is 0 Å². The lowest BCUT2D eigenvalue weighted by Crippen LogP contribution is -2.25. The maximum absolute atomic E-state index is 13.0. The number of ether oxygens (including phenoxy) is 1. The molecule has 0 atom stereocenters. The number of esters is 1. The highest BCUT2D eigenvalue weighted by Gasteiger charge is 2.24. The molecular formula is C20H17N3O4. The Balaban J connectivity index is 2.24. The quantitative estimate of drug-likeness (QED) is 0.526. The Morgan fingerprint density at radius 2 is 1.85 bits per heavy atom. The minimum absolute atomic E-state index is 0.0205.